The lowest BCUT2D eigenvalue weighted by Crippen LogP contribution is -2.38. The van der Waals surface area contributed by atoms with Crippen LogP contribution < -0.4 is 11.1 Å². The number of nitrogens with one attached hydrogen (secondary N) is 1. The molecule has 0 aliphatic heterocycles. The fourth-order valence-electron chi connectivity index (χ4n) is 1.60. The Labute approximate surface area is 107 Å². The van der Waals surface area contributed by atoms with Crippen LogP contribution in [0, 0.1) is 5.41 Å². The summed E-state index contributed by atoms with van der Waals surface area (Å²) >= 11 is 6.03. The molecule has 0 aliphatic carbocycles. The number of amides is 1. The molecule has 0 fully saturated rings. The predicted molar refractivity (Wildman–Crippen MR) is 72.1 cm³/mol. The molecule has 0 radical (unpaired) electrons. The Morgan fingerprint density at radius 2 is 2.00 bits per heavy atom. The van der Waals surface area contributed by atoms with Crippen LogP contribution in [0.1, 0.15) is 27.2 Å². The van der Waals surface area contributed by atoms with Crippen LogP contribution in [0.3, 0.4) is 0 Å². The highest BCUT2D eigenvalue weighted by atomic mass is 35.5. The Morgan fingerprint density at radius 3 is 2.47 bits per heavy atom. The van der Waals surface area contributed by atoms with Gasteiger partial charge in [-0.3, -0.25) is 4.79 Å². The van der Waals surface area contributed by atoms with Crippen LogP contribution in [0.25, 0.3) is 0 Å². The zero-order valence-corrected chi connectivity index (χ0v) is 11.2. The third-order valence-electron chi connectivity index (χ3n) is 2.36. The van der Waals surface area contributed by atoms with E-state index in [1.54, 1.807) is 6.07 Å². The molecule has 0 saturated heterocycles. The number of carbonyl (C=O) groups excluding carboxylic acids is 1. The number of halogens is 1. The highest BCUT2D eigenvalue weighted by Gasteiger charge is 2.23. The molecule has 1 rings (SSSR count). The van der Waals surface area contributed by atoms with Crippen molar-refractivity contribution in [3.05, 3.63) is 29.3 Å². The first-order valence-electron chi connectivity index (χ1n) is 5.60. The van der Waals surface area contributed by atoms with Crippen LogP contribution in [-0.2, 0) is 4.79 Å². The topological polar surface area (TPSA) is 55.1 Å². The number of hydrogen-bond acceptors (Lipinski definition) is 2. The number of rotatable bonds is 4. The van der Waals surface area contributed by atoms with Gasteiger partial charge in [-0.05, 0) is 24.0 Å². The SMILES string of the molecule is CC(C)(C)CC(Nc1ccccc1Cl)C(N)=O. The molecule has 0 bridgehead atoms. The highest BCUT2D eigenvalue weighted by molar-refractivity contribution is 6.33. The summed E-state index contributed by atoms with van der Waals surface area (Å²) in [5.74, 6) is -0.361. The van der Waals surface area contributed by atoms with E-state index < -0.39 is 6.04 Å². The molecule has 94 valence electrons. The normalized spacial score (nSPS) is 13.2. The second-order valence-corrected chi connectivity index (χ2v) is 5.75. The highest BCUT2D eigenvalue weighted by Crippen LogP contribution is 2.26. The van der Waals surface area contributed by atoms with E-state index in [9.17, 15) is 4.79 Å². The number of carbonyl (C=O) groups is 1. The summed E-state index contributed by atoms with van der Waals surface area (Å²) < 4.78 is 0. The van der Waals surface area contributed by atoms with Crippen LogP contribution in [-0.4, -0.2) is 11.9 Å². The van der Waals surface area contributed by atoms with Gasteiger partial charge in [-0.1, -0.05) is 44.5 Å². The van der Waals surface area contributed by atoms with Gasteiger partial charge in [0, 0.05) is 0 Å². The first-order valence-corrected chi connectivity index (χ1v) is 5.98. The number of nitrogens with two attached hydrogens (primary N) is 1. The Kier molecular flexibility index (Phi) is 4.40. The Morgan fingerprint density at radius 1 is 1.41 bits per heavy atom. The van der Waals surface area contributed by atoms with E-state index >= 15 is 0 Å². The van der Waals surface area contributed by atoms with Gasteiger partial charge in [0.1, 0.15) is 6.04 Å². The average molecular weight is 255 g/mol. The summed E-state index contributed by atoms with van der Waals surface area (Å²) in [6, 6.07) is 6.91. The van der Waals surface area contributed by atoms with Crippen LogP contribution >= 0.6 is 11.6 Å². The minimum Gasteiger partial charge on any atom is -0.372 e. The Hall–Kier alpha value is -1.22. The molecule has 1 aromatic rings. The number of benzene rings is 1. The van der Waals surface area contributed by atoms with Gasteiger partial charge >= 0.3 is 0 Å². The summed E-state index contributed by atoms with van der Waals surface area (Å²) in [6.07, 6.45) is 0.660. The minimum atomic E-state index is -0.408. The first kappa shape index (κ1) is 13.8. The molecular weight excluding hydrogens is 236 g/mol. The van der Waals surface area contributed by atoms with Crippen molar-refractivity contribution in [3.63, 3.8) is 0 Å². The van der Waals surface area contributed by atoms with Crippen molar-refractivity contribution in [2.75, 3.05) is 5.32 Å². The van der Waals surface area contributed by atoms with Crippen molar-refractivity contribution < 1.29 is 4.79 Å². The van der Waals surface area contributed by atoms with Crippen LogP contribution in [0.4, 0.5) is 5.69 Å². The molecule has 0 aliphatic rings. The van der Waals surface area contributed by atoms with Gasteiger partial charge in [-0.25, -0.2) is 0 Å². The number of para-hydroxylation sites is 1. The molecule has 0 aromatic heterocycles. The fourth-order valence-corrected chi connectivity index (χ4v) is 1.79. The van der Waals surface area contributed by atoms with E-state index in [-0.39, 0.29) is 11.3 Å². The summed E-state index contributed by atoms with van der Waals surface area (Å²) in [5, 5.41) is 3.69. The lowest BCUT2D eigenvalue weighted by molar-refractivity contribution is -0.119. The second kappa shape index (κ2) is 5.41. The van der Waals surface area contributed by atoms with Crippen LogP contribution in [0.2, 0.25) is 5.02 Å². The lowest BCUT2D eigenvalue weighted by Gasteiger charge is -2.25. The minimum absolute atomic E-state index is 0.0218. The Bertz CT molecular complexity index is 399. The quantitative estimate of drug-likeness (QED) is 0.868. The largest absolute Gasteiger partial charge is 0.372 e. The summed E-state index contributed by atoms with van der Waals surface area (Å²) in [5.41, 5.74) is 6.16. The standard InChI is InChI=1S/C13H19ClN2O/c1-13(2,3)8-11(12(15)17)16-10-7-5-4-6-9(10)14/h4-7,11,16H,8H2,1-3H3,(H2,15,17). The van der Waals surface area contributed by atoms with Gasteiger partial charge in [-0.15, -0.1) is 0 Å². The van der Waals surface area contributed by atoms with E-state index in [4.69, 9.17) is 17.3 Å². The van der Waals surface area contributed by atoms with Crippen LogP contribution in [0.15, 0.2) is 24.3 Å². The zero-order valence-electron chi connectivity index (χ0n) is 10.5. The maximum Gasteiger partial charge on any atom is 0.239 e. The monoisotopic (exact) mass is 254 g/mol. The maximum atomic E-state index is 11.4. The molecule has 0 heterocycles. The van der Waals surface area contributed by atoms with Crippen molar-refractivity contribution >= 4 is 23.2 Å². The van der Waals surface area contributed by atoms with Gasteiger partial charge in [0.05, 0.1) is 10.7 Å². The third kappa shape index (κ3) is 4.65. The molecule has 1 aromatic carbocycles. The van der Waals surface area contributed by atoms with Gasteiger partial charge in [0.15, 0.2) is 0 Å². The number of primary amides is 1. The van der Waals surface area contributed by atoms with Gasteiger partial charge < -0.3 is 11.1 Å². The van der Waals surface area contributed by atoms with E-state index in [0.717, 1.165) is 5.69 Å². The zero-order chi connectivity index (χ0) is 13.1. The molecule has 0 saturated carbocycles. The van der Waals surface area contributed by atoms with Gasteiger partial charge in [0.2, 0.25) is 5.91 Å². The maximum absolute atomic E-state index is 11.4. The third-order valence-corrected chi connectivity index (χ3v) is 2.69. The summed E-state index contributed by atoms with van der Waals surface area (Å²) in [6.45, 7) is 6.20. The molecule has 1 atom stereocenters. The second-order valence-electron chi connectivity index (χ2n) is 5.34. The van der Waals surface area contributed by atoms with Gasteiger partial charge in [0.25, 0.3) is 0 Å². The fraction of sp³-hybridized carbons (Fsp3) is 0.462. The van der Waals surface area contributed by atoms with Crippen molar-refractivity contribution in [1.82, 2.24) is 0 Å². The number of hydrogen-bond donors (Lipinski definition) is 2. The van der Waals surface area contributed by atoms with Crippen molar-refractivity contribution in [2.24, 2.45) is 11.1 Å². The average Bonchev–Trinajstić information content (AvgIpc) is 2.18. The van der Waals surface area contributed by atoms with Crippen molar-refractivity contribution in [1.29, 1.82) is 0 Å². The van der Waals surface area contributed by atoms with Crippen LogP contribution in [0.5, 0.6) is 0 Å². The smallest absolute Gasteiger partial charge is 0.239 e. The van der Waals surface area contributed by atoms with Crippen molar-refractivity contribution in [2.45, 2.75) is 33.2 Å². The number of anilines is 1. The summed E-state index contributed by atoms with van der Waals surface area (Å²) in [4.78, 5) is 11.4. The molecular formula is C13H19ClN2O. The van der Waals surface area contributed by atoms with E-state index in [1.165, 1.54) is 0 Å². The molecule has 1 amide bonds. The predicted octanol–water partition coefficient (Wildman–Crippen LogP) is 3.04. The Balaban J connectivity index is 2.81. The van der Waals surface area contributed by atoms with E-state index in [0.29, 0.717) is 11.4 Å². The van der Waals surface area contributed by atoms with Gasteiger partial charge in [-0.2, -0.15) is 0 Å². The summed E-state index contributed by atoms with van der Waals surface area (Å²) in [7, 11) is 0. The molecule has 4 heteroatoms. The van der Waals surface area contributed by atoms with Crippen molar-refractivity contribution in [3.8, 4) is 0 Å². The van der Waals surface area contributed by atoms with E-state index in [1.807, 2.05) is 18.2 Å². The lowest BCUT2D eigenvalue weighted by atomic mass is 9.88. The molecule has 3 nitrogen and oxygen atoms in total. The molecule has 0 spiro atoms. The van der Waals surface area contributed by atoms with E-state index in [2.05, 4.69) is 26.1 Å². The first-order chi connectivity index (χ1) is 7.79. The molecule has 17 heavy (non-hydrogen) atoms. The molecule has 1 unspecified atom stereocenters. The molecule has 3 N–H and O–H groups in total.